The van der Waals surface area contributed by atoms with E-state index < -0.39 is 28.3 Å². The van der Waals surface area contributed by atoms with E-state index >= 15 is 0 Å². The summed E-state index contributed by atoms with van der Waals surface area (Å²) in [6.07, 6.45) is 0. The van der Waals surface area contributed by atoms with E-state index in [9.17, 15) is 19.7 Å². The van der Waals surface area contributed by atoms with Gasteiger partial charge in [0, 0.05) is 6.07 Å². The standard InChI is InChI=1S/C10H7Cl2NO5/c1-4(14)9(10(15)16)5-2-7(12)8(13(17)18)3-6(5)11/h2-3,9H,1H3,(H,15,16). The van der Waals surface area contributed by atoms with Crippen molar-refractivity contribution in [1.82, 2.24) is 0 Å². The molecule has 1 rings (SSSR count). The van der Waals surface area contributed by atoms with E-state index in [-0.39, 0.29) is 15.6 Å². The summed E-state index contributed by atoms with van der Waals surface area (Å²) < 4.78 is 0. The Kier molecular flexibility index (Phi) is 4.26. The summed E-state index contributed by atoms with van der Waals surface area (Å²) in [6, 6.07) is 1.96. The van der Waals surface area contributed by atoms with Crippen LogP contribution in [0.3, 0.4) is 0 Å². The van der Waals surface area contributed by atoms with Crippen molar-refractivity contribution < 1.29 is 19.6 Å². The number of hydrogen-bond acceptors (Lipinski definition) is 4. The molecule has 0 saturated heterocycles. The summed E-state index contributed by atoms with van der Waals surface area (Å²) in [6.45, 7) is 1.09. The van der Waals surface area contributed by atoms with Crippen LogP contribution in [0.4, 0.5) is 5.69 Å². The number of hydrogen-bond donors (Lipinski definition) is 1. The number of nitro benzene ring substituents is 1. The molecule has 96 valence electrons. The zero-order valence-electron chi connectivity index (χ0n) is 9.02. The van der Waals surface area contributed by atoms with E-state index in [1.807, 2.05) is 0 Å². The van der Waals surface area contributed by atoms with Crippen LogP contribution in [-0.4, -0.2) is 21.8 Å². The van der Waals surface area contributed by atoms with E-state index in [0.717, 1.165) is 19.1 Å². The quantitative estimate of drug-likeness (QED) is 0.522. The number of carbonyl (C=O) groups excluding carboxylic acids is 1. The molecule has 0 spiro atoms. The topological polar surface area (TPSA) is 97.5 Å². The van der Waals surface area contributed by atoms with Gasteiger partial charge in [0.2, 0.25) is 0 Å². The highest BCUT2D eigenvalue weighted by Crippen LogP contribution is 2.35. The Balaban J connectivity index is 3.43. The summed E-state index contributed by atoms with van der Waals surface area (Å²) in [5.41, 5.74) is -0.509. The maximum Gasteiger partial charge on any atom is 0.318 e. The smallest absolute Gasteiger partial charge is 0.318 e. The van der Waals surface area contributed by atoms with Gasteiger partial charge in [-0.1, -0.05) is 23.2 Å². The molecule has 0 radical (unpaired) electrons. The first-order valence-electron chi connectivity index (χ1n) is 4.62. The van der Waals surface area contributed by atoms with Crippen LogP contribution < -0.4 is 0 Å². The maximum atomic E-state index is 11.3. The van der Waals surface area contributed by atoms with Gasteiger partial charge in [0.15, 0.2) is 0 Å². The van der Waals surface area contributed by atoms with Gasteiger partial charge >= 0.3 is 5.97 Å². The fourth-order valence-corrected chi connectivity index (χ4v) is 1.95. The number of ketones is 1. The van der Waals surface area contributed by atoms with Gasteiger partial charge in [-0.15, -0.1) is 0 Å². The number of carboxylic acids is 1. The molecule has 0 aliphatic heterocycles. The number of carboxylic acid groups (broad SMARTS) is 1. The summed E-state index contributed by atoms with van der Waals surface area (Å²) >= 11 is 11.4. The van der Waals surface area contributed by atoms with Gasteiger partial charge in [-0.2, -0.15) is 0 Å². The van der Waals surface area contributed by atoms with Crippen molar-refractivity contribution in [2.24, 2.45) is 0 Å². The average Bonchev–Trinajstić information content (AvgIpc) is 2.21. The van der Waals surface area contributed by atoms with E-state index in [4.69, 9.17) is 28.3 Å². The highest BCUT2D eigenvalue weighted by atomic mass is 35.5. The predicted molar refractivity (Wildman–Crippen MR) is 64.2 cm³/mol. The van der Waals surface area contributed by atoms with Gasteiger partial charge in [-0.05, 0) is 18.6 Å². The fourth-order valence-electron chi connectivity index (χ4n) is 1.44. The second-order valence-electron chi connectivity index (χ2n) is 3.46. The van der Waals surface area contributed by atoms with E-state index in [1.54, 1.807) is 0 Å². The fraction of sp³-hybridized carbons (Fsp3) is 0.200. The molecule has 0 saturated carbocycles. The Morgan fingerprint density at radius 1 is 1.33 bits per heavy atom. The molecule has 0 aliphatic rings. The molecular weight excluding hydrogens is 285 g/mol. The molecule has 18 heavy (non-hydrogen) atoms. The first kappa shape index (κ1) is 14.4. The van der Waals surface area contributed by atoms with Gasteiger partial charge in [-0.25, -0.2) is 0 Å². The minimum Gasteiger partial charge on any atom is -0.480 e. The molecule has 0 bridgehead atoms. The summed E-state index contributed by atoms with van der Waals surface area (Å²) in [7, 11) is 0. The van der Waals surface area contributed by atoms with Crippen LogP contribution >= 0.6 is 23.2 Å². The Labute approximate surface area is 111 Å². The molecule has 0 aliphatic carbocycles. The van der Waals surface area contributed by atoms with Gasteiger partial charge in [0.05, 0.1) is 9.95 Å². The first-order valence-corrected chi connectivity index (χ1v) is 5.38. The molecule has 1 aromatic carbocycles. The number of rotatable bonds is 4. The van der Waals surface area contributed by atoms with Crippen molar-refractivity contribution >= 4 is 40.6 Å². The predicted octanol–water partition coefficient (Wildman–Crippen LogP) is 2.66. The Hall–Kier alpha value is -1.66. The number of carbonyl (C=O) groups is 2. The normalized spacial score (nSPS) is 11.9. The van der Waals surface area contributed by atoms with Crippen LogP contribution in [0.2, 0.25) is 10.0 Å². The number of nitro groups is 1. The van der Waals surface area contributed by atoms with Gasteiger partial charge in [0.1, 0.15) is 16.7 Å². The third-order valence-electron chi connectivity index (χ3n) is 2.23. The van der Waals surface area contributed by atoms with Crippen molar-refractivity contribution in [3.63, 3.8) is 0 Å². The summed E-state index contributed by atoms with van der Waals surface area (Å²) in [4.78, 5) is 32.1. The van der Waals surface area contributed by atoms with Crippen LogP contribution in [-0.2, 0) is 9.59 Å². The van der Waals surface area contributed by atoms with Crippen LogP contribution in [0, 0.1) is 10.1 Å². The lowest BCUT2D eigenvalue weighted by molar-refractivity contribution is -0.384. The zero-order chi connectivity index (χ0) is 14.0. The molecular formula is C10H7Cl2NO5. The third kappa shape index (κ3) is 2.77. The van der Waals surface area contributed by atoms with E-state index in [1.165, 1.54) is 0 Å². The molecule has 0 aromatic heterocycles. The first-order chi connectivity index (χ1) is 8.25. The summed E-state index contributed by atoms with van der Waals surface area (Å²) in [5.74, 6) is -3.53. The molecule has 8 heteroatoms. The van der Waals surface area contributed by atoms with Gasteiger partial charge in [0.25, 0.3) is 5.69 Å². The number of halogens is 2. The molecule has 1 aromatic rings. The molecule has 0 heterocycles. The second kappa shape index (κ2) is 5.32. The van der Waals surface area contributed by atoms with Crippen molar-refractivity contribution in [3.05, 3.63) is 37.9 Å². The number of aliphatic carboxylic acids is 1. The SMILES string of the molecule is CC(=O)C(C(=O)O)c1cc(Cl)c([N+](=O)[O-])cc1Cl. The van der Waals surface area contributed by atoms with Crippen LogP contribution in [0.25, 0.3) is 0 Å². The molecule has 6 nitrogen and oxygen atoms in total. The highest BCUT2D eigenvalue weighted by molar-refractivity contribution is 6.35. The lowest BCUT2D eigenvalue weighted by Crippen LogP contribution is -2.19. The van der Waals surface area contributed by atoms with Gasteiger partial charge < -0.3 is 5.11 Å². The number of Topliss-reactive ketones (excluding diaryl/α,β-unsaturated/α-hetero) is 1. The monoisotopic (exact) mass is 291 g/mol. The second-order valence-corrected chi connectivity index (χ2v) is 4.28. The Morgan fingerprint density at radius 2 is 1.89 bits per heavy atom. The van der Waals surface area contributed by atoms with Gasteiger partial charge in [-0.3, -0.25) is 19.7 Å². The van der Waals surface area contributed by atoms with Crippen molar-refractivity contribution in [1.29, 1.82) is 0 Å². The van der Waals surface area contributed by atoms with Crippen molar-refractivity contribution in [2.75, 3.05) is 0 Å². The molecule has 1 atom stereocenters. The van der Waals surface area contributed by atoms with Crippen LogP contribution in [0.5, 0.6) is 0 Å². The molecule has 0 fully saturated rings. The number of benzene rings is 1. The maximum absolute atomic E-state index is 11.3. The molecule has 0 amide bonds. The van der Waals surface area contributed by atoms with Crippen LogP contribution in [0.15, 0.2) is 12.1 Å². The van der Waals surface area contributed by atoms with E-state index in [2.05, 4.69) is 0 Å². The van der Waals surface area contributed by atoms with E-state index in [0.29, 0.717) is 0 Å². The summed E-state index contributed by atoms with van der Waals surface area (Å²) in [5, 5.41) is 19.1. The lowest BCUT2D eigenvalue weighted by atomic mass is 9.95. The largest absolute Gasteiger partial charge is 0.480 e. The number of nitrogens with zero attached hydrogens (tertiary/aromatic N) is 1. The molecule has 1 unspecified atom stereocenters. The Morgan fingerprint density at radius 3 is 2.28 bits per heavy atom. The zero-order valence-corrected chi connectivity index (χ0v) is 10.5. The molecule has 1 N–H and O–H groups in total. The average molecular weight is 292 g/mol. The lowest BCUT2D eigenvalue weighted by Gasteiger charge is -2.11. The minimum absolute atomic E-state index is 0.0627. The minimum atomic E-state index is -1.49. The van der Waals surface area contributed by atoms with Crippen molar-refractivity contribution in [2.45, 2.75) is 12.8 Å². The Bertz CT molecular complexity index is 529. The third-order valence-corrected chi connectivity index (χ3v) is 2.86. The van der Waals surface area contributed by atoms with Crippen LogP contribution in [0.1, 0.15) is 18.4 Å². The van der Waals surface area contributed by atoms with Crippen molar-refractivity contribution in [3.8, 4) is 0 Å². The highest BCUT2D eigenvalue weighted by Gasteiger charge is 2.29.